The molecule has 90 valence electrons. The van der Waals surface area contributed by atoms with E-state index in [0.717, 1.165) is 17.8 Å². The molecule has 4 fully saturated rings. The molecule has 2 heteroatoms. The molecule has 0 spiro atoms. The van der Waals surface area contributed by atoms with Crippen molar-refractivity contribution >= 4 is 5.69 Å². The van der Waals surface area contributed by atoms with Crippen molar-refractivity contribution < 1.29 is 0 Å². The molecule has 17 heavy (non-hydrogen) atoms. The molecule has 4 bridgehead atoms. The van der Waals surface area contributed by atoms with Gasteiger partial charge in [-0.1, -0.05) is 0 Å². The molecule has 5 rings (SSSR count). The van der Waals surface area contributed by atoms with E-state index in [-0.39, 0.29) is 0 Å². The first-order valence-electron chi connectivity index (χ1n) is 7.00. The van der Waals surface area contributed by atoms with Crippen LogP contribution >= 0.6 is 0 Å². The molecular formula is C15H20N2. The minimum Gasteiger partial charge on any atom is -0.378 e. The van der Waals surface area contributed by atoms with Gasteiger partial charge >= 0.3 is 0 Å². The lowest BCUT2D eigenvalue weighted by Crippen LogP contribution is -2.54. The van der Waals surface area contributed by atoms with Crippen LogP contribution < -0.4 is 5.32 Å². The highest BCUT2D eigenvalue weighted by Crippen LogP contribution is 2.56. The average molecular weight is 228 g/mol. The van der Waals surface area contributed by atoms with E-state index in [1.54, 1.807) is 0 Å². The molecule has 1 N–H and O–H groups in total. The molecule has 0 saturated heterocycles. The van der Waals surface area contributed by atoms with Gasteiger partial charge in [-0.25, -0.2) is 0 Å². The topological polar surface area (TPSA) is 24.9 Å². The molecule has 4 saturated carbocycles. The van der Waals surface area contributed by atoms with E-state index in [0.29, 0.717) is 5.54 Å². The van der Waals surface area contributed by atoms with Crippen LogP contribution in [0, 0.1) is 17.8 Å². The zero-order chi connectivity index (χ0) is 11.3. The standard InChI is InChI=1S/C15H20N2/c1-2-14(10-16-3-1)17-15-7-11-4-12(8-15)6-13(5-11)9-15/h1-3,10-13,17H,4-9H2. The third-order valence-corrected chi connectivity index (χ3v) is 5.11. The quantitative estimate of drug-likeness (QED) is 0.838. The van der Waals surface area contributed by atoms with Gasteiger partial charge in [0.15, 0.2) is 0 Å². The highest BCUT2D eigenvalue weighted by atomic mass is 15.0. The first-order chi connectivity index (χ1) is 8.31. The summed E-state index contributed by atoms with van der Waals surface area (Å²) in [5.74, 6) is 3.02. The van der Waals surface area contributed by atoms with E-state index in [1.165, 1.54) is 44.2 Å². The van der Waals surface area contributed by atoms with Crippen molar-refractivity contribution in [1.82, 2.24) is 4.98 Å². The average Bonchev–Trinajstić information content (AvgIpc) is 2.27. The Bertz CT molecular complexity index is 377. The number of aromatic nitrogens is 1. The van der Waals surface area contributed by atoms with Gasteiger partial charge in [-0.05, 0) is 68.4 Å². The molecule has 1 aromatic rings. The molecule has 2 nitrogen and oxygen atoms in total. The second-order valence-corrected chi connectivity index (χ2v) is 6.56. The predicted octanol–water partition coefficient (Wildman–Crippen LogP) is 3.46. The summed E-state index contributed by atoms with van der Waals surface area (Å²) >= 11 is 0. The maximum Gasteiger partial charge on any atom is 0.0531 e. The summed E-state index contributed by atoms with van der Waals surface area (Å²) in [6.07, 6.45) is 12.5. The number of rotatable bonds is 2. The second-order valence-electron chi connectivity index (χ2n) is 6.56. The van der Waals surface area contributed by atoms with Crippen molar-refractivity contribution in [3.63, 3.8) is 0 Å². The van der Waals surface area contributed by atoms with E-state index in [9.17, 15) is 0 Å². The molecule has 4 aliphatic carbocycles. The van der Waals surface area contributed by atoms with Crippen molar-refractivity contribution in [2.24, 2.45) is 17.8 Å². The van der Waals surface area contributed by atoms with Crippen LogP contribution in [0.4, 0.5) is 5.69 Å². The highest BCUT2D eigenvalue weighted by molar-refractivity contribution is 5.43. The van der Waals surface area contributed by atoms with Gasteiger partial charge in [0.05, 0.1) is 5.69 Å². The summed E-state index contributed by atoms with van der Waals surface area (Å²) in [4.78, 5) is 4.22. The summed E-state index contributed by atoms with van der Waals surface area (Å²) in [5, 5.41) is 3.82. The Hall–Kier alpha value is -1.05. The predicted molar refractivity (Wildman–Crippen MR) is 68.8 cm³/mol. The van der Waals surface area contributed by atoms with Crippen molar-refractivity contribution in [2.45, 2.75) is 44.1 Å². The van der Waals surface area contributed by atoms with E-state index < -0.39 is 0 Å². The SMILES string of the molecule is c1cncc(NC23CC4CC(CC(C4)C2)C3)c1. The number of nitrogens with one attached hydrogen (secondary N) is 1. The third kappa shape index (κ3) is 1.65. The van der Waals surface area contributed by atoms with Gasteiger partial charge in [-0.15, -0.1) is 0 Å². The molecule has 1 aromatic heterocycles. The zero-order valence-corrected chi connectivity index (χ0v) is 10.2. The van der Waals surface area contributed by atoms with Crippen LogP contribution in [0.3, 0.4) is 0 Å². The lowest BCUT2D eigenvalue weighted by atomic mass is 9.53. The minimum atomic E-state index is 0.414. The molecule has 0 unspecified atom stereocenters. The van der Waals surface area contributed by atoms with Gasteiger partial charge < -0.3 is 5.32 Å². The maximum absolute atomic E-state index is 4.22. The molecule has 0 amide bonds. The lowest BCUT2D eigenvalue weighted by Gasteiger charge is -2.57. The zero-order valence-electron chi connectivity index (χ0n) is 10.2. The van der Waals surface area contributed by atoms with Gasteiger partial charge in [0.2, 0.25) is 0 Å². The highest BCUT2D eigenvalue weighted by Gasteiger charge is 2.50. The number of hydrogen-bond donors (Lipinski definition) is 1. The molecule has 0 radical (unpaired) electrons. The van der Waals surface area contributed by atoms with Crippen molar-refractivity contribution in [2.75, 3.05) is 5.32 Å². The number of anilines is 1. The summed E-state index contributed by atoms with van der Waals surface area (Å²) in [5.41, 5.74) is 1.63. The van der Waals surface area contributed by atoms with Crippen LogP contribution in [-0.4, -0.2) is 10.5 Å². The fourth-order valence-corrected chi connectivity index (χ4v) is 5.01. The van der Waals surface area contributed by atoms with Crippen LogP contribution in [0.25, 0.3) is 0 Å². The van der Waals surface area contributed by atoms with Crippen LogP contribution in [0.5, 0.6) is 0 Å². The van der Waals surface area contributed by atoms with Crippen molar-refractivity contribution in [1.29, 1.82) is 0 Å². The summed E-state index contributed by atoms with van der Waals surface area (Å²) in [7, 11) is 0. The molecule has 0 aromatic carbocycles. The fraction of sp³-hybridized carbons (Fsp3) is 0.667. The Morgan fingerprint density at radius 2 is 1.71 bits per heavy atom. The van der Waals surface area contributed by atoms with Gasteiger partial charge in [-0.3, -0.25) is 4.98 Å². The molecule has 0 aliphatic heterocycles. The monoisotopic (exact) mass is 228 g/mol. The number of pyridine rings is 1. The smallest absolute Gasteiger partial charge is 0.0531 e. The Morgan fingerprint density at radius 3 is 2.24 bits per heavy atom. The minimum absolute atomic E-state index is 0.414. The van der Waals surface area contributed by atoms with E-state index in [2.05, 4.69) is 16.4 Å². The van der Waals surface area contributed by atoms with Gasteiger partial charge in [0.1, 0.15) is 0 Å². The van der Waals surface area contributed by atoms with Crippen molar-refractivity contribution in [3.8, 4) is 0 Å². The van der Waals surface area contributed by atoms with E-state index in [1.807, 2.05) is 18.5 Å². The first kappa shape index (κ1) is 9.93. The van der Waals surface area contributed by atoms with Gasteiger partial charge in [-0.2, -0.15) is 0 Å². The summed E-state index contributed by atoms with van der Waals surface area (Å²) in [6.45, 7) is 0. The normalized spacial score (nSPS) is 42.7. The van der Waals surface area contributed by atoms with Crippen LogP contribution in [0.2, 0.25) is 0 Å². The second kappa shape index (κ2) is 3.47. The fourth-order valence-electron chi connectivity index (χ4n) is 5.01. The van der Waals surface area contributed by atoms with Crippen LogP contribution in [0.15, 0.2) is 24.5 Å². The maximum atomic E-state index is 4.22. The van der Waals surface area contributed by atoms with E-state index >= 15 is 0 Å². The Kier molecular flexibility index (Phi) is 2.03. The molecular weight excluding hydrogens is 208 g/mol. The number of nitrogens with zero attached hydrogens (tertiary/aromatic N) is 1. The molecule has 0 atom stereocenters. The van der Waals surface area contributed by atoms with Gasteiger partial charge in [0.25, 0.3) is 0 Å². The Labute approximate surface area is 103 Å². The number of hydrogen-bond acceptors (Lipinski definition) is 2. The van der Waals surface area contributed by atoms with Crippen LogP contribution in [-0.2, 0) is 0 Å². The lowest BCUT2D eigenvalue weighted by molar-refractivity contribution is 0.0107. The van der Waals surface area contributed by atoms with Crippen LogP contribution in [0.1, 0.15) is 38.5 Å². The first-order valence-corrected chi connectivity index (χ1v) is 7.00. The largest absolute Gasteiger partial charge is 0.378 e. The Morgan fingerprint density at radius 1 is 1.06 bits per heavy atom. The summed E-state index contributed by atoms with van der Waals surface area (Å²) in [6, 6.07) is 4.19. The third-order valence-electron chi connectivity index (χ3n) is 5.11. The van der Waals surface area contributed by atoms with Crippen molar-refractivity contribution in [3.05, 3.63) is 24.5 Å². The molecule has 4 aliphatic rings. The van der Waals surface area contributed by atoms with E-state index in [4.69, 9.17) is 0 Å². The molecule has 1 heterocycles. The summed E-state index contributed by atoms with van der Waals surface area (Å²) < 4.78 is 0. The van der Waals surface area contributed by atoms with Gasteiger partial charge in [0, 0.05) is 17.9 Å². The Balaban J connectivity index is 1.61.